The van der Waals surface area contributed by atoms with Crippen LogP contribution in [0.3, 0.4) is 0 Å². The van der Waals surface area contributed by atoms with E-state index in [1.54, 1.807) is 36.5 Å². The average molecular weight is 291 g/mol. The van der Waals surface area contributed by atoms with Gasteiger partial charge in [-0.25, -0.2) is 13.4 Å². The van der Waals surface area contributed by atoms with E-state index in [9.17, 15) is 8.42 Å². The molecule has 0 aliphatic heterocycles. The Morgan fingerprint density at radius 2 is 1.90 bits per heavy atom. The number of aryl methyl sites for hydroxylation is 1. The van der Waals surface area contributed by atoms with Gasteiger partial charge in [0.1, 0.15) is 5.82 Å². The summed E-state index contributed by atoms with van der Waals surface area (Å²) < 4.78 is 22.7. The molecule has 0 atom stereocenters. The number of nitrogens with zero attached hydrogens (tertiary/aromatic N) is 1. The molecule has 20 heavy (non-hydrogen) atoms. The maximum atomic E-state index is 11.4. The van der Waals surface area contributed by atoms with Crippen molar-refractivity contribution in [3.05, 3.63) is 47.7 Å². The number of pyridine rings is 1. The highest BCUT2D eigenvalue weighted by molar-refractivity contribution is 7.90. The van der Waals surface area contributed by atoms with Gasteiger partial charge in [0.15, 0.2) is 9.84 Å². The summed E-state index contributed by atoms with van der Waals surface area (Å²) in [5, 5.41) is 3.15. The van der Waals surface area contributed by atoms with E-state index in [1.165, 1.54) is 6.26 Å². The van der Waals surface area contributed by atoms with E-state index in [0.29, 0.717) is 22.9 Å². The maximum Gasteiger partial charge on any atom is 0.175 e. The van der Waals surface area contributed by atoms with Crippen LogP contribution in [-0.2, 0) is 16.4 Å². The lowest BCUT2D eigenvalue weighted by atomic mass is 10.2. The van der Waals surface area contributed by atoms with Crippen molar-refractivity contribution in [1.82, 2.24) is 4.98 Å². The molecule has 0 amide bonds. The van der Waals surface area contributed by atoms with E-state index < -0.39 is 9.84 Å². The number of nitrogen functional groups attached to an aromatic ring is 1. The quantitative estimate of drug-likeness (QED) is 0.899. The second-order valence-corrected chi connectivity index (χ2v) is 6.71. The molecule has 1 aromatic carbocycles. The fourth-order valence-corrected chi connectivity index (χ4v) is 2.31. The molecule has 2 aromatic rings. The number of nitrogens with one attached hydrogen (secondary N) is 1. The molecule has 0 aliphatic rings. The van der Waals surface area contributed by atoms with Gasteiger partial charge in [-0.15, -0.1) is 0 Å². The first-order valence-corrected chi connectivity index (χ1v) is 8.00. The zero-order chi connectivity index (χ0) is 14.8. The van der Waals surface area contributed by atoms with Crippen LogP contribution < -0.4 is 11.1 Å². The fraction of sp³-hybridized carbons (Fsp3) is 0.214. The second kappa shape index (κ2) is 5.50. The minimum absolute atomic E-state index is 0.318. The molecule has 0 unspecified atom stereocenters. The van der Waals surface area contributed by atoms with Crippen molar-refractivity contribution in [2.24, 2.45) is 0 Å². The van der Waals surface area contributed by atoms with E-state index in [-0.39, 0.29) is 0 Å². The monoisotopic (exact) mass is 291 g/mol. The van der Waals surface area contributed by atoms with Crippen LogP contribution in [0.5, 0.6) is 0 Å². The number of hydrogen-bond acceptors (Lipinski definition) is 5. The molecule has 0 aliphatic carbocycles. The van der Waals surface area contributed by atoms with Gasteiger partial charge >= 0.3 is 0 Å². The van der Waals surface area contributed by atoms with E-state index in [0.717, 1.165) is 11.1 Å². The molecule has 0 saturated carbocycles. The Bertz CT molecular complexity index is 710. The smallest absolute Gasteiger partial charge is 0.175 e. The average Bonchev–Trinajstić information content (AvgIpc) is 2.40. The highest BCUT2D eigenvalue weighted by atomic mass is 32.2. The van der Waals surface area contributed by atoms with Crippen molar-refractivity contribution < 1.29 is 8.42 Å². The van der Waals surface area contributed by atoms with Crippen LogP contribution in [-0.4, -0.2) is 19.7 Å². The van der Waals surface area contributed by atoms with Gasteiger partial charge in [-0.2, -0.15) is 0 Å². The molecule has 3 N–H and O–H groups in total. The van der Waals surface area contributed by atoms with Gasteiger partial charge in [-0.05, 0) is 30.2 Å². The molecule has 6 heteroatoms. The SMILES string of the molecule is Cc1cnc(NCc2ccc(S(C)(=O)=O)cc2)cc1N. The summed E-state index contributed by atoms with van der Waals surface area (Å²) in [6, 6.07) is 8.54. The molecule has 0 bridgehead atoms. The molecule has 1 aromatic heterocycles. The first kappa shape index (κ1) is 14.3. The zero-order valence-electron chi connectivity index (χ0n) is 11.4. The summed E-state index contributed by atoms with van der Waals surface area (Å²) in [6.45, 7) is 2.45. The second-order valence-electron chi connectivity index (χ2n) is 4.70. The molecule has 0 fully saturated rings. The lowest BCUT2D eigenvalue weighted by Gasteiger charge is -2.08. The van der Waals surface area contributed by atoms with E-state index >= 15 is 0 Å². The summed E-state index contributed by atoms with van der Waals surface area (Å²) in [7, 11) is -3.15. The summed E-state index contributed by atoms with van der Waals surface area (Å²) in [4.78, 5) is 4.54. The van der Waals surface area contributed by atoms with E-state index in [2.05, 4.69) is 10.3 Å². The fourth-order valence-electron chi connectivity index (χ4n) is 1.68. The van der Waals surface area contributed by atoms with Crippen LogP contribution in [0.4, 0.5) is 11.5 Å². The van der Waals surface area contributed by atoms with Crippen LogP contribution in [0.2, 0.25) is 0 Å². The van der Waals surface area contributed by atoms with Crippen LogP contribution in [0.1, 0.15) is 11.1 Å². The highest BCUT2D eigenvalue weighted by Crippen LogP contribution is 2.15. The molecular weight excluding hydrogens is 274 g/mol. The van der Waals surface area contributed by atoms with Gasteiger partial charge < -0.3 is 11.1 Å². The van der Waals surface area contributed by atoms with Crippen LogP contribution >= 0.6 is 0 Å². The highest BCUT2D eigenvalue weighted by Gasteiger charge is 2.06. The third-order valence-electron chi connectivity index (χ3n) is 2.97. The van der Waals surface area contributed by atoms with Crippen molar-refractivity contribution in [2.75, 3.05) is 17.3 Å². The number of anilines is 2. The van der Waals surface area contributed by atoms with Crippen LogP contribution in [0.25, 0.3) is 0 Å². The Kier molecular flexibility index (Phi) is 3.94. The van der Waals surface area contributed by atoms with Gasteiger partial charge in [0, 0.05) is 30.8 Å². The van der Waals surface area contributed by atoms with Crippen molar-refractivity contribution in [3.63, 3.8) is 0 Å². The minimum Gasteiger partial charge on any atom is -0.398 e. The molecular formula is C14H17N3O2S. The van der Waals surface area contributed by atoms with Gasteiger partial charge in [0.25, 0.3) is 0 Å². The molecule has 106 valence electrons. The number of benzene rings is 1. The number of hydrogen-bond donors (Lipinski definition) is 2. The largest absolute Gasteiger partial charge is 0.398 e. The van der Waals surface area contributed by atoms with E-state index in [4.69, 9.17) is 5.73 Å². The normalized spacial score (nSPS) is 11.3. The lowest BCUT2D eigenvalue weighted by Crippen LogP contribution is -2.03. The molecule has 0 spiro atoms. The van der Waals surface area contributed by atoms with Gasteiger partial charge in [0.05, 0.1) is 4.90 Å². The summed E-state index contributed by atoms with van der Waals surface area (Å²) in [5.41, 5.74) is 8.41. The Balaban J connectivity index is 2.06. The van der Waals surface area contributed by atoms with Gasteiger partial charge in [-0.3, -0.25) is 0 Å². The molecule has 1 heterocycles. The predicted molar refractivity (Wildman–Crippen MR) is 80.3 cm³/mol. The topological polar surface area (TPSA) is 85.1 Å². The Morgan fingerprint density at radius 1 is 1.25 bits per heavy atom. The van der Waals surface area contributed by atoms with E-state index in [1.807, 2.05) is 6.92 Å². The summed E-state index contributed by atoms with van der Waals surface area (Å²) in [6.07, 6.45) is 2.91. The van der Waals surface area contributed by atoms with Crippen molar-refractivity contribution in [1.29, 1.82) is 0 Å². The Hall–Kier alpha value is -2.08. The van der Waals surface area contributed by atoms with Crippen LogP contribution in [0.15, 0.2) is 41.4 Å². The van der Waals surface area contributed by atoms with Gasteiger partial charge in [0.2, 0.25) is 0 Å². The number of nitrogens with two attached hydrogens (primary N) is 1. The maximum absolute atomic E-state index is 11.4. The lowest BCUT2D eigenvalue weighted by molar-refractivity contribution is 0.602. The third-order valence-corrected chi connectivity index (χ3v) is 4.10. The van der Waals surface area contributed by atoms with Crippen molar-refractivity contribution in [2.45, 2.75) is 18.4 Å². The molecule has 2 rings (SSSR count). The first-order chi connectivity index (χ1) is 9.36. The molecule has 0 radical (unpaired) electrons. The third kappa shape index (κ3) is 3.48. The Morgan fingerprint density at radius 3 is 2.45 bits per heavy atom. The van der Waals surface area contributed by atoms with Gasteiger partial charge in [-0.1, -0.05) is 12.1 Å². The minimum atomic E-state index is -3.15. The Labute approximate surface area is 118 Å². The molecule has 0 saturated heterocycles. The van der Waals surface area contributed by atoms with Crippen LogP contribution in [0, 0.1) is 6.92 Å². The molecule has 5 nitrogen and oxygen atoms in total. The first-order valence-electron chi connectivity index (χ1n) is 6.11. The number of rotatable bonds is 4. The summed E-state index contributed by atoms with van der Waals surface area (Å²) in [5.74, 6) is 0.695. The number of sulfone groups is 1. The standard InChI is InChI=1S/C14H17N3O2S/c1-10-8-16-14(7-13(10)15)17-9-11-3-5-12(6-4-11)20(2,18)19/h3-8H,9H2,1-2H3,(H3,15,16,17). The van der Waals surface area contributed by atoms with Crippen molar-refractivity contribution in [3.8, 4) is 0 Å². The van der Waals surface area contributed by atoms with Crippen molar-refractivity contribution >= 4 is 21.3 Å². The summed E-state index contributed by atoms with van der Waals surface area (Å²) >= 11 is 0. The predicted octanol–water partition coefficient (Wildman–Crippen LogP) is 1.99. The zero-order valence-corrected chi connectivity index (χ0v) is 12.2. The number of aromatic nitrogens is 1.